The Morgan fingerprint density at radius 3 is 3.09 bits per heavy atom. The van der Waals surface area contributed by atoms with Crippen molar-refractivity contribution in [1.82, 2.24) is 25.1 Å². The second kappa shape index (κ2) is 4.90. The molecule has 0 radical (unpaired) electrons. The summed E-state index contributed by atoms with van der Waals surface area (Å²) in [4.78, 5) is 25.4. The van der Waals surface area contributed by atoms with E-state index in [0.29, 0.717) is 17.1 Å². The van der Waals surface area contributed by atoms with Crippen molar-refractivity contribution in [3.05, 3.63) is 18.6 Å². The van der Waals surface area contributed by atoms with Gasteiger partial charge in [-0.25, -0.2) is 9.97 Å². The number of nitrogens with zero attached hydrogens (tertiary/aromatic N) is 5. The number of hydrogen-bond donors (Lipinski definition) is 2. The summed E-state index contributed by atoms with van der Waals surface area (Å²) in [5, 5.41) is 9.94. The molecule has 1 fully saturated rings. The van der Waals surface area contributed by atoms with Crippen LogP contribution in [0, 0.1) is 0 Å². The predicted octanol–water partition coefficient (Wildman–Crippen LogP) is 0.745. The molecular formula is C14H15N7O. The van der Waals surface area contributed by atoms with Gasteiger partial charge in [-0.3, -0.25) is 4.79 Å². The second-order valence-corrected chi connectivity index (χ2v) is 5.44. The van der Waals surface area contributed by atoms with E-state index in [1.807, 2.05) is 11.0 Å². The van der Waals surface area contributed by atoms with Crippen LogP contribution < -0.4 is 10.6 Å². The minimum Gasteiger partial charge on any atom is -0.368 e. The molecule has 8 nitrogen and oxygen atoms in total. The molecule has 0 bridgehead atoms. The Labute approximate surface area is 125 Å². The number of rotatable bonds is 2. The zero-order chi connectivity index (χ0) is 15.1. The number of carbonyl (C=O) groups is 1. The highest BCUT2D eigenvalue weighted by molar-refractivity contribution is 6.08. The highest BCUT2D eigenvalue weighted by Crippen LogP contribution is 2.31. The number of fused-ring (bicyclic) bond motifs is 3. The van der Waals surface area contributed by atoms with Crippen LogP contribution in [0.1, 0.15) is 19.3 Å². The van der Waals surface area contributed by atoms with Crippen LogP contribution in [0.25, 0.3) is 22.1 Å². The summed E-state index contributed by atoms with van der Waals surface area (Å²) in [6.45, 7) is 0.744. The van der Waals surface area contributed by atoms with Crippen LogP contribution in [-0.2, 0) is 4.79 Å². The molecule has 0 aliphatic carbocycles. The number of primary amides is 1. The lowest BCUT2D eigenvalue weighted by Gasteiger charge is -2.35. The van der Waals surface area contributed by atoms with E-state index in [4.69, 9.17) is 5.73 Å². The third-order valence-electron chi connectivity index (χ3n) is 4.15. The average Bonchev–Trinajstić information content (AvgIpc) is 3.03. The lowest BCUT2D eigenvalue weighted by Crippen LogP contribution is -2.48. The van der Waals surface area contributed by atoms with Gasteiger partial charge in [-0.2, -0.15) is 0 Å². The van der Waals surface area contributed by atoms with E-state index in [1.54, 1.807) is 6.20 Å². The minimum atomic E-state index is -0.339. The molecule has 0 aromatic carbocycles. The summed E-state index contributed by atoms with van der Waals surface area (Å²) in [5.74, 6) is 0.381. The molecule has 112 valence electrons. The fourth-order valence-electron chi connectivity index (χ4n) is 3.13. The first kappa shape index (κ1) is 12.9. The zero-order valence-corrected chi connectivity index (χ0v) is 11.9. The van der Waals surface area contributed by atoms with Crippen molar-refractivity contribution in [2.45, 2.75) is 25.3 Å². The second-order valence-electron chi connectivity index (χ2n) is 5.44. The van der Waals surface area contributed by atoms with Gasteiger partial charge in [-0.05, 0) is 25.3 Å². The minimum absolute atomic E-state index is 0.321. The third-order valence-corrected chi connectivity index (χ3v) is 4.15. The van der Waals surface area contributed by atoms with Crippen molar-refractivity contribution >= 4 is 33.8 Å². The van der Waals surface area contributed by atoms with Gasteiger partial charge in [0.1, 0.15) is 18.2 Å². The van der Waals surface area contributed by atoms with Gasteiger partial charge in [0.15, 0.2) is 11.3 Å². The Hall–Kier alpha value is -2.77. The predicted molar refractivity (Wildman–Crippen MR) is 81.2 cm³/mol. The maximum atomic E-state index is 11.8. The lowest BCUT2D eigenvalue weighted by atomic mass is 10.0. The van der Waals surface area contributed by atoms with Gasteiger partial charge < -0.3 is 15.6 Å². The smallest absolute Gasteiger partial charge is 0.240 e. The topological polar surface area (TPSA) is 114 Å². The van der Waals surface area contributed by atoms with Gasteiger partial charge in [-0.15, -0.1) is 10.2 Å². The van der Waals surface area contributed by atoms with Crippen LogP contribution >= 0.6 is 0 Å². The SMILES string of the molecule is NC(=O)C1CCCCN1c1ncnc2nnc3[nH]ccc3c12. The van der Waals surface area contributed by atoms with E-state index in [1.165, 1.54) is 6.33 Å². The highest BCUT2D eigenvalue weighted by atomic mass is 16.1. The number of nitrogens with two attached hydrogens (primary N) is 1. The Kier molecular flexibility index (Phi) is 2.88. The maximum Gasteiger partial charge on any atom is 0.240 e. The highest BCUT2D eigenvalue weighted by Gasteiger charge is 2.30. The molecule has 3 aromatic heterocycles. The fraction of sp³-hybridized carbons (Fsp3) is 0.357. The van der Waals surface area contributed by atoms with Gasteiger partial charge in [0.2, 0.25) is 5.91 Å². The summed E-state index contributed by atoms with van der Waals surface area (Å²) in [6.07, 6.45) is 6.00. The van der Waals surface area contributed by atoms with Gasteiger partial charge in [0.05, 0.1) is 5.39 Å². The van der Waals surface area contributed by atoms with Crippen LogP contribution in [0.3, 0.4) is 0 Å². The number of nitrogens with one attached hydrogen (secondary N) is 1. The van der Waals surface area contributed by atoms with Crippen molar-refractivity contribution < 1.29 is 4.79 Å². The van der Waals surface area contributed by atoms with Crippen molar-refractivity contribution in [2.75, 3.05) is 11.4 Å². The number of carbonyl (C=O) groups excluding carboxylic acids is 1. The molecule has 22 heavy (non-hydrogen) atoms. The average molecular weight is 297 g/mol. The van der Waals surface area contributed by atoms with Crippen LogP contribution in [-0.4, -0.2) is 43.6 Å². The summed E-state index contributed by atoms with van der Waals surface area (Å²) >= 11 is 0. The van der Waals surface area contributed by atoms with Crippen molar-refractivity contribution in [3.63, 3.8) is 0 Å². The lowest BCUT2D eigenvalue weighted by molar-refractivity contribution is -0.119. The standard InChI is InChI=1S/C14H15N7O/c15-11(22)9-3-1-2-6-21(9)14-10-8-4-5-16-12(8)19-20-13(10)17-7-18-14/h4-5,7,9H,1-3,6H2,(H2,15,22)(H,16,19). The monoisotopic (exact) mass is 297 g/mol. The molecule has 1 amide bonds. The molecule has 4 heterocycles. The van der Waals surface area contributed by atoms with Gasteiger partial charge in [-0.1, -0.05) is 0 Å². The van der Waals surface area contributed by atoms with Crippen LogP contribution in [0.2, 0.25) is 0 Å². The molecule has 8 heteroatoms. The molecule has 4 rings (SSSR count). The normalized spacial score (nSPS) is 18.9. The number of aromatic amines is 1. The van der Waals surface area contributed by atoms with Crippen LogP contribution in [0.5, 0.6) is 0 Å². The Bertz CT molecular complexity index is 859. The largest absolute Gasteiger partial charge is 0.368 e. The molecule has 0 saturated carbocycles. The first-order chi connectivity index (χ1) is 10.8. The van der Waals surface area contributed by atoms with Crippen molar-refractivity contribution in [3.8, 4) is 0 Å². The number of aromatic nitrogens is 5. The Morgan fingerprint density at radius 2 is 2.23 bits per heavy atom. The van der Waals surface area contributed by atoms with Gasteiger partial charge >= 0.3 is 0 Å². The molecule has 3 N–H and O–H groups in total. The van der Waals surface area contributed by atoms with Crippen LogP contribution in [0.15, 0.2) is 18.6 Å². The summed E-state index contributed by atoms with van der Waals surface area (Å²) < 4.78 is 0. The molecular weight excluding hydrogens is 282 g/mol. The summed E-state index contributed by atoms with van der Waals surface area (Å²) in [7, 11) is 0. The van der Waals surface area contributed by atoms with E-state index in [0.717, 1.165) is 36.6 Å². The van der Waals surface area contributed by atoms with E-state index in [9.17, 15) is 4.79 Å². The van der Waals surface area contributed by atoms with E-state index >= 15 is 0 Å². The third kappa shape index (κ3) is 1.87. The quantitative estimate of drug-likeness (QED) is 0.721. The van der Waals surface area contributed by atoms with E-state index in [2.05, 4.69) is 25.1 Å². The Morgan fingerprint density at radius 1 is 1.32 bits per heavy atom. The first-order valence-corrected chi connectivity index (χ1v) is 7.26. The molecule has 1 atom stereocenters. The van der Waals surface area contributed by atoms with Gasteiger partial charge in [0, 0.05) is 18.1 Å². The van der Waals surface area contributed by atoms with Crippen LogP contribution in [0.4, 0.5) is 5.82 Å². The maximum absolute atomic E-state index is 11.8. The molecule has 1 aliphatic heterocycles. The number of H-pyrrole nitrogens is 1. The van der Waals surface area contributed by atoms with E-state index < -0.39 is 0 Å². The zero-order valence-electron chi connectivity index (χ0n) is 11.9. The molecule has 3 aromatic rings. The Balaban J connectivity index is 1.97. The number of piperidine rings is 1. The molecule has 0 spiro atoms. The fourth-order valence-corrected chi connectivity index (χ4v) is 3.13. The summed E-state index contributed by atoms with van der Waals surface area (Å²) in [5.41, 5.74) is 6.77. The van der Waals surface area contributed by atoms with Crippen molar-refractivity contribution in [1.29, 1.82) is 0 Å². The van der Waals surface area contributed by atoms with Gasteiger partial charge in [0.25, 0.3) is 0 Å². The number of anilines is 1. The molecule has 1 unspecified atom stereocenters. The molecule has 1 saturated heterocycles. The van der Waals surface area contributed by atoms with E-state index in [-0.39, 0.29) is 11.9 Å². The number of hydrogen-bond acceptors (Lipinski definition) is 6. The summed E-state index contributed by atoms with van der Waals surface area (Å²) in [6, 6.07) is 1.58. The number of amides is 1. The molecule has 1 aliphatic rings. The first-order valence-electron chi connectivity index (χ1n) is 7.26. The van der Waals surface area contributed by atoms with Crippen molar-refractivity contribution in [2.24, 2.45) is 5.73 Å².